The highest BCUT2D eigenvalue weighted by Crippen LogP contribution is 2.42. The molecule has 19 heavy (non-hydrogen) atoms. The number of methoxy groups -OCH3 is 1. The predicted molar refractivity (Wildman–Crippen MR) is 80.7 cm³/mol. The summed E-state index contributed by atoms with van der Waals surface area (Å²) in [5.41, 5.74) is 1.26. The van der Waals surface area contributed by atoms with Crippen LogP contribution in [-0.4, -0.2) is 19.3 Å². The van der Waals surface area contributed by atoms with Crippen LogP contribution in [0, 0.1) is 0 Å². The Morgan fingerprint density at radius 2 is 2.11 bits per heavy atom. The zero-order chi connectivity index (χ0) is 13.7. The smallest absolute Gasteiger partial charge is 0.0697 e. The van der Waals surface area contributed by atoms with Gasteiger partial charge in [-0.2, -0.15) is 0 Å². The van der Waals surface area contributed by atoms with E-state index < -0.39 is 0 Å². The van der Waals surface area contributed by atoms with Crippen molar-refractivity contribution in [2.75, 3.05) is 13.7 Å². The number of ether oxygens (including phenoxy) is 1. The molecular formula is C16H24ClNO. The van der Waals surface area contributed by atoms with Crippen LogP contribution in [0.3, 0.4) is 0 Å². The molecule has 0 radical (unpaired) electrons. The first kappa shape index (κ1) is 14.8. The van der Waals surface area contributed by atoms with Crippen molar-refractivity contribution in [1.29, 1.82) is 0 Å². The van der Waals surface area contributed by atoms with Crippen molar-refractivity contribution in [1.82, 2.24) is 5.32 Å². The molecule has 1 aliphatic carbocycles. The molecular weight excluding hydrogens is 258 g/mol. The first-order chi connectivity index (χ1) is 9.21. The van der Waals surface area contributed by atoms with E-state index in [1.165, 1.54) is 12.0 Å². The Bertz CT molecular complexity index is 398. The van der Waals surface area contributed by atoms with Crippen LogP contribution in [0.15, 0.2) is 24.3 Å². The van der Waals surface area contributed by atoms with Gasteiger partial charge in [-0.3, -0.25) is 0 Å². The number of hydrogen-bond donors (Lipinski definition) is 1. The summed E-state index contributed by atoms with van der Waals surface area (Å²) >= 11 is 6.35. The van der Waals surface area contributed by atoms with Gasteiger partial charge < -0.3 is 10.1 Å². The van der Waals surface area contributed by atoms with E-state index in [2.05, 4.69) is 24.4 Å². The summed E-state index contributed by atoms with van der Waals surface area (Å²) in [6, 6.07) is 8.42. The lowest BCUT2D eigenvalue weighted by molar-refractivity contribution is -0.0838. The fraction of sp³-hybridized carbons (Fsp3) is 0.625. The van der Waals surface area contributed by atoms with Crippen molar-refractivity contribution >= 4 is 11.6 Å². The average Bonchev–Trinajstić information content (AvgIpc) is 2.38. The monoisotopic (exact) mass is 281 g/mol. The molecule has 0 saturated heterocycles. The van der Waals surface area contributed by atoms with Crippen LogP contribution in [0.25, 0.3) is 0 Å². The molecule has 0 amide bonds. The lowest BCUT2D eigenvalue weighted by atomic mass is 9.74. The summed E-state index contributed by atoms with van der Waals surface area (Å²) in [5.74, 6) is 0. The van der Waals surface area contributed by atoms with Crippen LogP contribution in [0.4, 0.5) is 0 Å². The third kappa shape index (κ3) is 3.50. The quantitative estimate of drug-likeness (QED) is 0.803. The van der Waals surface area contributed by atoms with Gasteiger partial charge in [-0.15, -0.1) is 0 Å². The van der Waals surface area contributed by atoms with E-state index in [1.807, 2.05) is 19.2 Å². The maximum absolute atomic E-state index is 6.35. The lowest BCUT2D eigenvalue weighted by Gasteiger charge is -2.43. The Morgan fingerprint density at radius 1 is 1.37 bits per heavy atom. The highest BCUT2D eigenvalue weighted by Gasteiger charge is 2.39. The molecule has 2 rings (SSSR count). The van der Waals surface area contributed by atoms with Crippen molar-refractivity contribution in [3.63, 3.8) is 0 Å². The normalized spacial score (nSPS) is 18.9. The van der Waals surface area contributed by atoms with Gasteiger partial charge in [0.25, 0.3) is 0 Å². The molecule has 1 atom stereocenters. The summed E-state index contributed by atoms with van der Waals surface area (Å²) in [6.45, 7) is 3.20. The second kappa shape index (κ2) is 6.74. The van der Waals surface area contributed by atoms with Crippen LogP contribution in [-0.2, 0) is 4.74 Å². The van der Waals surface area contributed by atoms with E-state index in [1.54, 1.807) is 0 Å². The Kier molecular flexibility index (Phi) is 5.26. The van der Waals surface area contributed by atoms with Crippen LogP contribution in [0.5, 0.6) is 0 Å². The maximum atomic E-state index is 6.35. The molecule has 1 unspecified atom stereocenters. The highest BCUT2D eigenvalue weighted by atomic mass is 35.5. The number of benzene rings is 1. The molecule has 1 aromatic carbocycles. The summed E-state index contributed by atoms with van der Waals surface area (Å²) in [6.07, 6.45) is 5.74. The van der Waals surface area contributed by atoms with E-state index in [0.717, 1.165) is 37.3 Å². The third-order valence-electron chi connectivity index (χ3n) is 4.20. The van der Waals surface area contributed by atoms with Gasteiger partial charge in [0.1, 0.15) is 0 Å². The van der Waals surface area contributed by atoms with Crippen molar-refractivity contribution in [2.45, 2.75) is 50.7 Å². The predicted octanol–water partition coefficient (Wildman–Crippen LogP) is 4.34. The highest BCUT2D eigenvalue weighted by molar-refractivity contribution is 6.31. The molecule has 106 valence electrons. The zero-order valence-electron chi connectivity index (χ0n) is 11.9. The molecule has 0 heterocycles. The molecule has 1 aliphatic rings. The number of halogens is 1. The summed E-state index contributed by atoms with van der Waals surface area (Å²) in [7, 11) is 1.84. The molecule has 0 spiro atoms. The van der Waals surface area contributed by atoms with Gasteiger partial charge in [0.2, 0.25) is 0 Å². The first-order valence-electron chi connectivity index (χ1n) is 7.24. The zero-order valence-corrected chi connectivity index (χ0v) is 12.7. The number of nitrogens with one attached hydrogen (secondary N) is 1. The second-order valence-corrected chi connectivity index (χ2v) is 5.88. The minimum atomic E-state index is 0.0601. The van der Waals surface area contributed by atoms with Crippen LogP contribution in [0.2, 0.25) is 5.02 Å². The topological polar surface area (TPSA) is 21.3 Å². The standard InChI is InChI=1S/C16H24ClNO/c1-3-11-18-15(12-16(19-2)9-6-10-16)13-7-4-5-8-14(13)17/h4-5,7-8,15,18H,3,6,9-12H2,1-2H3. The Labute approximate surface area is 121 Å². The average molecular weight is 282 g/mol. The maximum Gasteiger partial charge on any atom is 0.0697 e. The number of rotatable bonds is 7. The molecule has 1 aromatic rings. The molecule has 1 saturated carbocycles. The molecule has 0 bridgehead atoms. The lowest BCUT2D eigenvalue weighted by Crippen LogP contribution is -2.43. The summed E-state index contributed by atoms with van der Waals surface area (Å²) in [5, 5.41) is 4.47. The largest absolute Gasteiger partial charge is 0.378 e. The summed E-state index contributed by atoms with van der Waals surface area (Å²) < 4.78 is 5.76. The van der Waals surface area contributed by atoms with E-state index >= 15 is 0 Å². The van der Waals surface area contributed by atoms with Gasteiger partial charge in [-0.1, -0.05) is 36.7 Å². The Hall–Kier alpha value is -0.570. The van der Waals surface area contributed by atoms with E-state index in [9.17, 15) is 0 Å². The van der Waals surface area contributed by atoms with Crippen molar-refractivity contribution in [3.05, 3.63) is 34.9 Å². The van der Waals surface area contributed by atoms with E-state index in [4.69, 9.17) is 16.3 Å². The fourth-order valence-electron chi connectivity index (χ4n) is 2.80. The van der Waals surface area contributed by atoms with E-state index in [-0.39, 0.29) is 11.6 Å². The van der Waals surface area contributed by atoms with Crippen LogP contribution in [0.1, 0.15) is 50.6 Å². The fourth-order valence-corrected chi connectivity index (χ4v) is 3.07. The first-order valence-corrected chi connectivity index (χ1v) is 7.61. The molecule has 0 aliphatic heterocycles. The third-order valence-corrected chi connectivity index (χ3v) is 4.54. The van der Waals surface area contributed by atoms with Crippen molar-refractivity contribution in [2.24, 2.45) is 0 Å². The molecule has 1 N–H and O–H groups in total. The van der Waals surface area contributed by atoms with Gasteiger partial charge in [-0.25, -0.2) is 0 Å². The van der Waals surface area contributed by atoms with Gasteiger partial charge in [0, 0.05) is 18.2 Å². The van der Waals surface area contributed by atoms with Crippen LogP contribution >= 0.6 is 11.6 Å². The molecule has 2 nitrogen and oxygen atoms in total. The van der Waals surface area contributed by atoms with Gasteiger partial charge in [0.15, 0.2) is 0 Å². The summed E-state index contributed by atoms with van der Waals surface area (Å²) in [4.78, 5) is 0. The van der Waals surface area contributed by atoms with Gasteiger partial charge in [-0.05, 0) is 50.3 Å². The van der Waals surface area contributed by atoms with Crippen molar-refractivity contribution in [3.8, 4) is 0 Å². The SMILES string of the molecule is CCCNC(CC1(OC)CCC1)c1ccccc1Cl. The van der Waals surface area contributed by atoms with E-state index in [0.29, 0.717) is 0 Å². The Balaban J connectivity index is 2.13. The molecule has 3 heteroatoms. The second-order valence-electron chi connectivity index (χ2n) is 5.47. The van der Waals surface area contributed by atoms with Crippen molar-refractivity contribution < 1.29 is 4.74 Å². The molecule has 1 fully saturated rings. The minimum absolute atomic E-state index is 0.0601. The number of hydrogen-bond acceptors (Lipinski definition) is 2. The van der Waals surface area contributed by atoms with Gasteiger partial charge >= 0.3 is 0 Å². The Morgan fingerprint density at radius 3 is 2.63 bits per heavy atom. The van der Waals surface area contributed by atoms with Crippen LogP contribution < -0.4 is 5.32 Å². The molecule has 0 aromatic heterocycles. The minimum Gasteiger partial charge on any atom is -0.378 e. The van der Waals surface area contributed by atoms with Gasteiger partial charge in [0.05, 0.1) is 5.60 Å².